The quantitative estimate of drug-likeness (QED) is 0.630. The summed E-state index contributed by atoms with van der Waals surface area (Å²) in [6.07, 6.45) is 5.33. The molecule has 1 aromatic heterocycles. The normalized spacial score (nSPS) is 15.0. The molecule has 0 radical (unpaired) electrons. The van der Waals surface area contributed by atoms with Gasteiger partial charge in [-0.1, -0.05) is 9.98 Å². The molecule has 2 aliphatic heterocycles. The molecule has 31 heavy (non-hydrogen) atoms. The number of nitrogens with two attached hydrogens (primary N) is 1. The predicted octanol–water partition coefficient (Wildman–Crippen LogP) is 1.20. The molecule has 0 fully saturated rings. The number of aromatic nitrogens is 2. The standard InChI is InChI=1S/C22H18N5O4/c1-29-16-5-2-14(3-6-16)21-22(24-15-4-7-17-18(10-15)31-13-30-17)27-9-8-26(11-19(23)28)12-20(27)25-21/h2-10,12H,11,13H2,1H3,(H-,23,28)/q+1/p+1. The fraction of sp³-hybridized carbons (Fsp3) is 0.136. The number of aliphatic imine (C=N–C) groups is 2. The molecule has 0 atom stereocenters. The number of fused-ring (bicyclic) bond motifs is 2. The number of ether oxygens (including phenoxy) is 3. The molecule has 1 amide bonds. The van der Waals surface area contributed by atoms with Crippen molar-refractivity contribution in [3.63, 3.8) is 0 Å². The van der Waals surface area contributed by atoms with Crippen molar-refractivity contribution in [1.29, 1.82) is 0 Å². The van der Waals surface area contributed by atoms with Gasteiger partial charge in [0.25, 0.3) is 5.91 Å². The molecule has 9 nitrogen and oxygen atoms in total. The molecule has 9 heteroatoms. The fourth-order valence-electron chi connectivity index (χ4n) is 3.43. The van der Waals surface area contributed by atoms with E-state index >= 15 is 0 Å². The van der Waals surface area contributed by atoms with Gasteiger partial charge in [0.05, 0.1) is 7.11 Å². The van der Waals surface area contributed by atoms with Gasteiger partial charge in [-0.05, 0) is 36.4 Å². The first-order valence-electron chi connectivity index (χ1n) is 9.56. The summed E-state index contributed by atoms with van der Waals surface area (Å²) < 4.78 is 19.7. The number of hydrogen-bond donors (Lipinski definition) is 1. The Labute approximate surface area is 177 Å². The van der Waals surface area contributed by atoms with Crippen LogP contribution >= 0.6 is 0 Å². The Morgan fingerprint density at radius 2 is 1.97 bits per heavy atom. The van der Waals surface area contributed by atoms with Gasteiger partial charge < -0.3 is 19.9 Å². The van der Waals surface area contributed by atoms with Crippen molar-refractivity contribution in [2.75, 3.05) is 13.9 Å². The van der Waals surface area contributed by atoms with Gasteiger partial charge in [-0.2, -0.15) is 9.13 Å². The summed E-state index contributed by atoms with van der Waals surface area (Å²) in [6, 6.07) is 13.1. The number of nitrogens with zero attached hydrogens (tertiary/aromatic N) is 4. The van der Waals surface area contributed by atoms with Gasteiger partial charge in [-0.15, -0.1) is 0 Å². The van der Waals surface area contributed by atoms with Gasteiger partial charge >= 0.3 is 11.7 Å². The van der Waals surface area contributed by atoms with Crippen molar-refractivity contribution in [2.24, 2.45) is 15.7 Å². The molecule has 0 unspecified atom stereocenters. The fourth-order valence-corrected chi connectivity index (χ4v) is 3.43. The molecular weight excluding hydrogens is 398 g/mol. The molecular formula is C22H19N5O4+2. The highest BCUT2D eigenvalue weighted by Gasteiger charge is 2.35. The van der Waals surface area contributed by atoms with Crippen LogP contribution in [0.4, 0.5) is 11.5 Å². The van der Waals surface area contributed by atoms with E-state index in [0.717, 1.165) is 11.3 Å². The summed E-state index contributed by atoms with van der Waals surface area (Å²) in [6.45, 7) is 0.265. The number of amides is 1. The molecule has 154 valence electrons. The van der Waals surface area contributed by atoms with Crippen LogP contribution in [0, 0.1) is 0 Å². The van der Waals surface area contributed by atoms with Crippen LogP contribution in [0.25, 0.3) is 0 Å². The Morgan fingerprint density at radius 1 is 1.16 bits per heavy atom. The van der Waals surface area contributed by atoms with E-state index in [1.807, 2.05) is 53.2 Å². The highest BCUT2D eigenvalue weighted by molar-refractivity contribution is 6.46. The maximum Gasteiger partial charge on any atom is 0.333 e. The highest BCUT2D eigenvalue weighted by Crippen LogP contribution is 2.35. The first-order chi connectivity index (χ1) is 15.1. The molecule has 3 heterocycles. The van der Waals surface area contributed by atoms with Crippen LogP contribution in [0.15, 0.2) is 71.0 Å². The first-order valence-corrected chi connectivity index (χ1v) is 9.56. The van der Waals surface area contributed by atoms with Gasteiger partial charge in [-0.3, -0.25) is 4.79 Å². The topological polar surface area (TPSA) is 103 Å². The molecule has 2 aromatic carbocycles. The maximum atomic E-state index is 11.3. The minimum absolute atomic E-state index is 0.0653. The third-order valence-corrected chi connectivity index (χ3v) is 4.89. The molecule has 0 aliphatic carbocycles. The van der Waals surface area contributed by atoms with Gasteiger partial charge in [0.15, 0.2) is 11.5 Å². The minimum atomic E-state index is -0.429. The lowest BCUT2D eigenvalue weighted by atomic mass is 10.1. The van der Waals surface area contributed by atoms with E-state index in [2.05, 4.69) is 0 Å². The Kier molecular flexibility index (Phi) is 4.55. The van der Waals surface area contributed by atoms with Crippen molar-refractivity contribution in [2.45, 2.75) is 6.54 Å². The average Bonchev–Trinajstić information content (AvgIpc) is 3.37. The SMILES string of the molecule is COc1ccc(C2=Nc3c[n+](CC(N)=O)cc[n+]3C2=Nc2ccc3c(c2)OCO3)cc1. The van der Waals surface area contributed by atoms with Gasteiger partial charge in [-0.25, -0.2) is 0 Å². The second-order valence-electron chi connectivity index (χ2n) is 6.96. The number of primary amides is 1. The van der Waals surface area contributed by atoms with Crippen molar-refractivity contribution in [3.05, 3.63) is 66.6 Å². The molecule has 0 saturated heterocycles. The summed E-state index contributed by atoms with van der Waals surface area (Å²) in [7, 11) is 1.62. The first kappa shape index (κ1) is 18.7. The lowest BCUT2D eigenvalue weighted by Gasteiger charge is -2.02. The molecule has 3 aromatic rings. The van der Waals surface area contributed by atoms with Crippen LogP contribution in [0.2, 0.25) is 0 Å². The minimum Gasteiger partial charge on any atom is -0.497 e. The Hall–Kier alpha value is -4.27. The van der Waals surface area contributed by atoms with Crippen molar-refractivity contribution in [1.82, 2.24) is 0 Å². The lowest BCUT2D eigenvalue weighted by molar-refractivity contribution is -0.701. The van der Waals surface area contributed by atoms with E-state index in [-0.39, 0.29) is 13.3 Å². The van der Waals surface area contributed by atoms with E-state index in [1.54, 1.807) is 24.1 Å². The summed E-state index contributed by atoms with van der Waals surface area (Å²) in [5.74, 6) is 2.95. The molecule has 0 saturated carbocycles. The summed E-state index contributed by atoms with van der Waals surface area (Å²) in [5.41, 5.74) is 7.60. The average molecular weight is 417 g/mol. The van der Waals surface area contributed by atoms with Crippen LogP contribution in [-0.4, -0.2) is 31.4 Å². The van der Waals surface area contributed by atoms with E-state index < -0.39 is 5.91 Å². The molecule has 2 N–H and O–H groups in total. The summed E-state index contributed by atoms with van der Waals surface area (Å²) in [4.78, 5) is 20.9. The van der Waals surface area contributed by atoms with Crippen molar-refractivity contribution in [3.8, 4) is 17.2 Å². The zero-order valence-corrected chi connectivity index (χ0v) is 16.7. The van der Waals surface area contributed by atoms with Gasteiger partial charge in [0, 0.05) is 11.6 Å². The van der Waals surface area contributed by atoms with E-state index in [4.69, 9.17) is 29.9 Å². The Morgan fingerprint density at radius 3 is 2.74 bits per heavy atom. The molecule has 2 aliphatic rings. The molecule has 0 spiro atoms. The van der Waals surface area contributed by atoms with Crippen LogP contribution < -0.4 is 29.1 Å². The number of benzene rings is 2. The summed E-state index contributed by atoms with van der Waals surface area (Å²) >= 11 is 0. The third-order valence-electron chi connectivity index (χ3n) is 4.89. The van der Waals surface area contributed by atoms with Gasteiger partial charge in [0.2, 0.25) is 31.4 Å². The highest BCUT2D eigenvalue weighted by atomic mass is 16.7. The van der Waals surface area contributed by atoms with Crippen LogP contribution in [0.3, 0.4) is 0 Å². The van der Waals surface area contributed by atoms with Crippen molar-refractivity contribution >= 4 is 29.0 Å². The zero-order valence-electron chi connectivity index (χ0n) is 16.7. The maximum absolute atomic E-state index is 11.3. The number of methoxy groups -OCH3 is 1. The number of hydrogen-bond acceptors (Lipinski definition) is 6. The summed E-state index contributed by atoms with van der Waals surface area (Å²) in [5, 5.41) is 0. The largest absolute Gasteiger partial charge is 0.497 e. The predicted molar refractivity (Wildman–Crippen MR) is 110 cm³/mol. The van der Waals surface area contributed by atoms with E-state index in [0.29, 0.717) is 34.6 Å². The second-order valence-corrected chi connectivity index (χ2v) is 6.96. The Balaban J connectivity index is 1.61. The van der Waals surface area contributed by atoms with E-state index in [1.165, 1.54) is 0 Å². The van der Waals surface area contributed by atoms with Crippen LogP contribution in [0.1, 0.15) is 5.56 Å². The molecule has 0 bridgehead atoms. The van der Waals surface area contributed by atoms with Crippen LogP contribution in [0.5, 0.6) is 17.2 Å². The number of carbonyl (C=O) groups excluding carboxylic acids is 1. The van der Waals surface area contributed by atoms with E-state index in [9.17, 15) is 4.79 Å². The van der Waals surface area contributed by atoms with Crippen molar-refractivity contribution < 1.29 is 28.1 Å². The lowest BCUT2D eigenvalue weighted by Crippen LogP contribution is -2.48. The molecule has 5 rings (SSSR count). The van der Waals surface area contributed by atoms with Crippen LogP contribution in [-0.2, 0) is 11.3 Å². The number of carbonyl (C=O) groups is 1. The zero-order chi connectivity index (χ0) is 21.4. The number of rotatable bonds is 5. The monoisotopic (exact) mass is 417 g/mol. The van der Waals surface area contributed by atoms with Gasteiger partial charge in [0.1, 0.15) is 17.6 Å². The Bertz CT molecular complexity index is 1250. The smallest absolute Gasteiger partial charge is 0.333 e. The second kappa shape index (κ2) is 7.52. The third kappa shape index (κ3) is 3.57.